The summed E-state index contributed by atoms with van der Waals surface area (Å²) in [6.07, 6.45) is 4.91. The number of carbonyl (C=O) groups excluding carboxylic acids is 2. The number of ether oxygens (including phenoxy) is 2. The molecule has 43 heavy (non-hydrogen) atoms. The molecule has 0 aromatic heterocycles. The highest BCUT2D eigenvalue weighted by Crippen LogP contribution is 2.34. The summed E-state index contributed by atoms with van der Waals surface area (Å²) in [6.45, 7) is 0.991. The lowest BCUT2D eigenvalue weighted by Crippen LogP contribution is -2.53. The third-order valence-electron chi connectivity index (χ3n) is 7.65. The van der Waals surface area contributed by atoms with Gasteiger partial charge < -0.3 is 19.7 Å². The van der Waals surface area contributed by atoms with E-state index in [1.165, 1.54) is 67.7 Å². The minimum Gasteiger partial charge on any atom is -0.493 e. The third-order valence-corrected chi connectivity index (χ3v) is 9.44. The van der Waals surface area contributed by atoms with E-state index in [-0.39, 0.29) is 34.8 Å². The number of halogens is 1. The van der Waals surface area contributed by atoms with Gasteiger partial charge in [0, 0.05) is 18.7 Å². The number of carbonyl (C=O) groups is 2. The van der Waals surface area contributed by atoms with E-state index in [1.54, 1.807) is 31.2 Å². The first-order valence-corrected chi connectivity index (χ1v) is 15.7. The number of hydrogen-bond acceptors (Lipinski definition) is 6. The number of amides is 2. The Morgan fingerprint density at radius 3 is 2.21 bits per heavy atom. The lowest BCUT2D eigenvalue weighted by atomic mass is 9.95. The average molecular weight is 612 g/mol. The van der Waals surface area contributed by atoms with Gasteiger partial charge >= 0.3 is 0 Å². The summed E-state index contributed by atoms with van der Waals surface area (Å²) in [7, 11) is -1.34. The second-order valence-electron chi connectivity index (χ2n) is 10.5. The molecule has 1 fully saturated rings. The van der Waals surface area contributed by atoms with Gasteiger partial charge in [-0.2, -0.15) is 0 Å². The molecule has 0 saturated heterocycles. The lowest BCUT2D eigenvalue weighted by Gasteiger charge is -2.33. The Kier molecular flexibility index (Phi) is 10.6. The molecule has 1 aliphatic rings. The summed E-state index contributed by atoms with van der Waals surface area (Å²) in [6, 6.07) is 17.1. The quantitative estimate of drug-likeness (QED) is 0.312. The Labute approximate surface area is 252 Å². The Hall–Kier alpha value is -4.12. The van der Waals surface area contributed by atoms with Crippen LogP contribution in [0.3, 0.4) is 0 Å². The fourth-order valence-corrected chi connectivity index (χ4v) is 6.59. The van der Waals surface area contributed by atoms with Crippen molar-refractivity contribution in [3.8, 4) is 11.5 Å². The summed E-state index contributed by atoms with van der Waals surface area (Å²) in [5.74, 6) is -0.696. The predicted molar refractivity (Wildman–Crippen MR) is 162 cm³/mol. The van der Waals surface area contributed by atoms with Crippen molar-refractivity contribution in [2.24, 2.45) is 0 Å². The monoisotopic (exact) mass is 611 g/mol. The van der Waals surface area contributed by atoms with E-state index in [0.717, 1.165) is 36.4 Å². The van der Waals surface area contributed by atoms with Crippen LogP contribution in [0.5, 0.6) is 11.5 Å². The normalized spacial score (nSPS) is 14.4. The molecule has 1 aliphatic carbocycles. The first-order valence-electron chi connectivity index (χ1n) is 14.3. The van der Waals surface area contributed by atoms with Gasteiger partial charge in [-0.3, -0.25) is 13.9 Å². The number of methoxy groups -OCH3 is 2. The highest BCUT2D eigenvalue weighted by atomic mass is 32.2. The van der Waals surface area contributed by atoms with Gasteiger partial charge in [-0.1, -0.05) is 49.6 Å². The van der Waals surface area contributed by atoms with Crippen LogP contribution in [-0.2, 0) is 26.2 Å². The number of hydrogen-bond donors (Lipinski definition) is 1. The lowest BCUT2D eigenvalue weighted by molar-refractivity contribution is -0.139. The first kappa shape index (κ1) is 31.8. The maximum atomic E-state index is 14.1. The third kappa shape index (κ3) is 7.84. The minimum absolute atomic E-state index is 0.00856. The maximum Gasteiger partial charge on any atom is 0.264 e. The Morgan fingerprint density at radius 1 is 0.930 bits per heavy atom. The summed E-state index contributed by atoms with van der Waals surface area (Å²) in [4.78, 5) is 28.8. The summed E-state index contributed by atoms with van der Waals surface area (Å²) in [5, 5.41) is 3.06. The average Bonchev–Trinajstić information content (AvgIpc) is 3.03. The zero-order valence-corrected chi connectivity index (χ0v) is 25.5. The van der Waals surface area contributed by atoms with Gasteiger partial charge in [-0.25, -0.2) is 12.8 Å². The molecule has 0 aliphatic heterocycles. The summed E-state index contributed by atoms with van der Waals surface area (Å²) >= 11 is 0. The van der Waals surface area contributed by atoms with Crippen LogP contribution >= 0.6 is 0 Å². The van der Waals surface area contributed by atoms with Crippen molar-refractivity contribution in [3.05, 3.63) is 84.2 Å². The number of nitrogens with one attached hydrogen (secondary N) is 1. The predicted octanol–water partition coefficient (Wildman–Crippen LogP) is 4.90. The van der Waals surface area contributed by atoms with Gasteiger partial charge in [0.2, 0.25) is 11.8 Å². The van der Waals surface area contributed by atoms with Crippen LogP contribution in [0, 0.1) is 5.82 Å². The van der Waals surface area contributed by atoms with Crippen molar-refractivity contribution >= 4 is 27.5 Å². The van der Waals surface area contributed by atoms with Crippen LogP contribution in [-0.4, -0.2) is 58.0 Å². The van der Waals surface area contributed by atoms with Gasteiger partial charge in [0.1, 0.15) is 18.4 Å². The Balaban J connectivity index is 1.70. The molecule has 9 nitrogen and oxygen atoms in total. The molecule has 3 aromatic rings. The highest BCUT2D eigenvalue weighted by molar-refractivity contribution is 7.92. The molecule has 0 bridgehead atoms. The maximum absolute atomic E-state index is 14.1. The van der Waals surface area contributed by atoms with E-state index < -0.39 is 34.3 Å². The van der Waals surface area contributed by atoms with Gasteiger partial charge in [0.05, 0.1) is 24.8 Å². The van der Waals surface area contributed by atoms with E-state index in [2.05, 4.69) is 5.32 Å². The topological polar surface area (TPSA) is 105 Å². The van der Waals surface area contributed by atoms with E-state index >= 15 is 0 Å². The smallest absolute Gasteiger partial charge is 0.264 e. The zero-order chi connectivity index (χ0) is 31.0. The van der Waals surface area contributed by atoms with Crippen molar-refractivity contribution in [1.29, 1.82) is 0 Å². The highest BCUT2D eigenvalue weighted by Gasteiger charge is 2.33. The molecule has 0 radical (unpaired) electrons. The molecule has 0 spiro atoms. The minimum atomic E-state index is -4.24. The molecule has 11 heteroatoms. The Morgan fingerprint density at radius 2 is 1.58 bits per heavy atom. The molecular formula is C32H38FN3O6S. The van der Waals surface area contributed by atoms with Crippen molar-refractivity contribution in [2.75, 3.05) is 25.1 Å². The molecule has 1 atom stereocenters. The van der Waals surface area contributed by atoms with Crippen LogP contribution in [0.1, 0.15) is 44.6 Å². The van der Waals surface area contributed by atoms with Gasteiger partial charge in [0.15, 0.2) is 11.5 Å². The van der Waals surface area contributed by atoms with Gasteiger partial charge in [0.25, 0.3) is 10.0 Å². The van der Waals surface area contributed by atoms with Crippen LogP contribution in [0.15, 0.2) is 77.7 Å². The number of sulfonamides is 1. The first-order chi connectivity index (χ1) is 20.6. The van der Waals surface area contributed by atoms with Crippen molar-refractivity contribution in [2.45, 2.75) is 62.6 Å². The van der Waals surface area contributed by atoms with Crippen LogP contribution in [0.4, 0.5) is 10.1 Å². The number of benzene rings is 3. The Bertz CT molecular complexity index is 1500. The SMILES string of the molecule is COc1ccc(N(CC(=O)N(Cc2ccc(F)cc2)[C@H](C)C(=O)NC2CCCCC2)S(=O)(=O)c2ccccc2)cc1OC. The molecule has 2 amide bonds. The second kappa shape index (κ2) is 14.4. The molecule has 1 N–H and O–H groups in total. The molecule has 4 rings (SSSR count). The van der Waals surface area contributed by atoms with Crippen LogP contribution in [0.2, 0.25) is 0 Å². The van der Waals surface area contributed by atoms with Gasteiger partial charge in [-0.15, -0.1) is 0 Å². The van der Waals surface area contributed by atoms with E-state index in [9.17, 15) is 22.4 Å². The van der Waals surface area contributed by atoms with Crippen LogP contribution < -0.4 is 19.1 Å². The molecular weight excluding hydrogens is 573 g/mol. The number of anilines is 1. The molecule has 230 valence electrons. The summed E-state index contributed by atoms with van der Waals surface area (Å²) in [5.41, 5.74) is 0.770. The van der Waals surface area contributed by atoms with Crippen molar-refractivity contribution < 1.29 is 31.9 Å². The van der Waals surface area contributed by atoms with E-state index in [4.69, 9.17) is 9.47 Å². The fourth-order valence-electron chi connectivity index (χ4n) is 5.17. The van der Waals surface area contributed by atoms with E-state index in [1.807, 2.05) is 0 Å². The molecule has 0 unspecified atom stereocenters. The largest absolute Gasteiger partial charge is 0.493 e. The standard InChI is InChI=1S/C32H38FN3O6S/c1-23(32(38)34-26-10-6-4-7-11-26)35(21-24-14-16-25(33)17-15-24)31(37)22-36(43(39,40)28-12-8-5-9-13-28)27-18-19-29(41-2)30(20-27)42-3/h5,8-9,12-20,23,26H,4,6-7,10-11,21-22H2,1-3H3,(H,34,38)/t23-/m1/s1. The molecule has 1 saturated carbocycles. The number of nitrogens with zero attached hydrogens (tertiary/aromatic N) is 2. The second-order valence-corrected chi connectivity index (χ2v) is 12.4. The van der Waals surface area contributed by atoms with Gasteiger partial charge in [-0.05, 0) is 61.7 Å². The number of rotatable bonds is 12. The van der Waals surface area contributed by atoms with Crippen molar-refractivity contribution in [3.63, 3.8) is 0 Å². The fraction of sp³-hybridized carbons (Fsp3) is 0.375. The molecule has 0 heterocycles. The van der Waals surface area contributed by atoms with Crippen LogP contribution in [0.25, 0.3) is 0 Å². The zero-order valence-electron chi connectivity index (χ0n) is 24.7. The summed E-state index contributed by atoms with van der Waals surface area (Å²) < 4.78 is 53.3. The van der Waals surface area contributed by atoms with Crippen molar-refractivity contribution in [1.82, 2.24) is 10.2 Å². The van der Waals surface area contributed by atoms with E-state index in [0.29, 0.717) is 11.3 Å². The molecule has 3 aromatic carbocycles.